The number of rotatable bonds is 5. The van der Waals surface area contributed by atoms with E-state index in [9.17, 15) is 9.59 Å². The Morgan fingerprint density at radius 2 is 1.54 bits per heavy atom. The number of hydrogen-bond donors (Lipinski definition) is 2. The van der Waals surface area contributed by atoms with Crippen LogP contribution >= 0.6 is 0 Å². The molecule has 1 fully saturated rings. The van der Waals surface area contributed by atoms with Gasteiger partial charge in [0.05, 0.1) is 6.04 Å². The Kier molecular flexibility index (Phi) is 5.11. The molecular weight excluding hydrogens is 302 g/mol. The molecule has 0 aliphatic carbocycles. The van der Waals surface area contributed by atoms with Gasteiger partial charge >= 0.3 is 12.1 Å². The molecule has 0 saturated carbocycles. The smallest absolute Gasteiger partial charge is 0.325 e. The summed E-state index contributed by atoms with van der Waals surface area (Å²) in [5.41, 5.74) is 2.32. The summed E-state index contributed by atoms with van der Waals surface area (Å²) < 4.78 is 0. The molecule has 5 nitrogen and oxygen atoms in total. The third-order valence-corrected chi connectivity index (χ3v) is 4.22. The quantitative estimate of drug-likeness (QED) is 0.888. The maximum Gasteiger partial charge on any atom is 0.325 e. The summed E-state index contributed by atoms with van der Waals surface area (Å²) in [7, 11) is 0. The predicted octanol–water partition coefficient (Wildman–Crippen LogP) is 2.58. The fourth-order valence-corrected chi connectivity index (χ4v) is 2.95. The molecule has 2 aromatic carbocycles. The zero-order valence-corrected chi connectivity index (χ0v) is 13.4. The van der Waals surface area contributed by atoms with Crippen LogP contribution in [0.1, 0.15) is 11.1 Å². The Labute approximate surface area is 141 Å². The number of nitrogens with one attached hydrogen (secondary N) is 2. The Bertz CT molecular complexity index is 688. The molecule has 0 bridgehead atoms. The molecule has 1 unspecified atom stereocenters. The lowest BCUT2D eigenvalue weighted by Gasteiger charge is -2.29. The average molecular weight is 323 g/mol. The molecule has 2 N–H and O–H groups in total. The summed E-state index contributed by atoms with van der Waals surface area (Å²) in [5.74, 6) is 0. The van der Waals surface area contributed by atoms with Gasteiger partial charge in [0.25, 0.3) is 0 Å². The molecule has 1 aliphatic rings. The minimum atomic E-state index is -0.430. The molecule has 2 aromatic rings. The summed E-state index contributed by atoms with van der Waals surface area (Å²) in [4.78, 5) is 25.8. The van der Waals surface area contributed by atoms with E-state index in [1.54, 1.807) is 4.90 Å². The molecule has 124 valence electrons. The van der Waals surface area contributed by atoms with E-state index in [0.717, 1.165) is 12.0 Å². The van der Waals surface area contributed by atoms with Crippen molar-refractivity contribution in [1.82, 2.24) is 15.5 Å². The number of hydrogen-bond acceptors (Lipinski definition) is 2. The van der Waals surface area contributed by atoms with Crippen LogP contribution in [0.2, 0.25) is 0 Å². The van der Waals surface area contributed by atoms with Gasteiger partial charge in [-0.1, -0.05) is 60.7 Å². The topological polar surface area (TPSA) is 61.4 Å². The molecule has 24 heavy (non-hydrogen) atoms. The predicted molar refractivity (Wildman–Crippen MR) is 92.7 cm³/mol. The minimum absolute atomic E-state index is 0.0671. The van der Waals surface area contributed by atoms with Crippen molar-refractivity contribution in [1.29, 1.82) is 0 Å². The van der Waals surface area contributed by atoms with E-state index >= 15 is 0 Å². The van der Waals surface area contributed by atoms with Gasteiger partial charge in [0.1, 0.15) is 0 Å². The van der Waals surface area contributed by atoms with Gasteiger partial charge in [-0.3, -0.25) is 5.32 Å². The van der Waals surface area contributed by atoms with Gasteiger partial charge in [0.15, 0.2) is 0 Å². The Morgan fingerprint density at radius 1 is 0.917 bits per heavy atom. The second-order valence-electron chi connectivity index (χ2n) is 5.91. The first-order valence-electron chi connectivity index (χ1n) is 8.15. The standard InChI is InChI=1S/C19H21N3O2/c23-18-20-14-17(13-16-9-5-2-6-10-16)22(19(24)21-18)12-11-15-7-3-1-4-8-15/h1-10,17H,11-14H2,(H2,20,21,23,24). The van der Waals surface area contributed by atoms with Crippen LogP contribution in [-0.2, 0) is 12.8 Å². The molecule has 1 aliphatic heterocycles. The van der Waals surface area contributed by atoms with Crippen LogP contribution in [0.4, 0.5) is 9.59 Å². The zero-order valence-electron chi connectivity index (χ0n) is 13.4. The number of urea groups is 2. The SMILES string of the molecule is O=C1NCC(Cc2ccccc2)N(CCc2ccccc2)C(=O)N1. The van der Waals surface area contributed by atoms with E-state index in [1.807, 2.05) is 60.7 Å². The minimum Gasteiger partial charge on any atom is -0.336 e. The first-order valence-corrected chi connectivity index (χ1v) is 8.15. The van der Waals surface area contributed by atoms with E-state index in [1.165, 1.54) is 5.56 Å². The highest BCUT2D eigenvalue weighted by Gasteiger charge is 2.28. The van der Waals surface area contributed by atoms with Gasteiger partial charge in [-0.2, -0.15) is 0 Å². The molecule has 1 atom stereocenters. The van der Waals surface area contributed by atoms with Crippen molar-refractivity contribution in [2.24, 2.45) is 0 Å². The third kappa shape index (κ3) is 4.13. The van der Waals surface area contributed by atoms with Gasteiger partial charge in [-0.15, -0.1) is 0 Å². The normalized spacial score (nSPS) is 17.8. The van der Waals surface area contributed by atoms with Crippen molar-refractivity contribution in [3.8, 4) is 0 Å². The highest BCUT2D eigenvalue weighted by Crippen LogP contribution is 2.12. The highest BCUT2D eigenvalue weighted by molar-refractivity contribution is 5.94. The number of benzene rings is 2. The van der Waals surface area contributed by atoms with Crippen LogP contribution in [0.15, 0.2) is 60.7 Å². The van der Waals surface area contributed by atoms with Crippen LogP contribution in [0, 0.1) is 0 Å². The lowest BCUT2D eigenvalue weighted by Crippen LogP contribution is -2.47. The second-order valence-corrected chi connectivity index (χ2v) is 5.91. The van der Waals surface area contributed by atoms with Gasteiger partial charge in [0.2, 0.25) is 0 Å². The van der Waals surface area contributed by atoms with Crippen LogP contribution < -0.4 is 10.6 Å². The van der Waals surface area contributed by atoms with E-state index in [-0.39, 0.29) is 12.1 Å². The Hall–Kier alpha value is -2.82. The van der Waals surface area contributed by atoms with Crippen molar-refractivity contribution in [2.75, 3.05) is 13.1 Å². The average Bonchev–Trinajstić information content (AvgIpc) is 2.73. The van der Waals surface area contributed by atoms with Crippen LogP contribution in [0.25, 0.3) is 0 Å². The summed E-state index contributed by atoms with van der Waals surface area (Å²) in [6.45, 7) is 1.02. The van der Waals surface area contributed by atoms with Crippen LogP contribution in [0.5, 0.6) is 0 Å². The summed E-state index contributed by atoms with van der Waals surface area (Å²) >= 11 is 0. The first-order chi connectivity index (χ1) is 11.7. The Morgan fingerprint density at radius 3 is 2.21 bits per heavy atom. The molecule has 4 amide bonds. The lowest BCUT2D eigenvalue weighted by molar-refractivity contribution is 0.182. The first kappa shape index (κ1) is 16.1. The number of imide groups is 1. The van der Waals surface area contributed by atoms with E-state index in [2.05, 4.69) is 10.6 Å². The number of carbonyl (C=O) groups excluding carboxylic acids is 2. The number of carbonyl (C=O) groups is 2. The molecule has 3 rings (SSSR count). The van der Waals surface area contributed by atoms with Gasteiger partial charge in [-0.05, 0) is 24.0 Å². The molecule has 0 radical (unpaired) electrons. The maximum atomic E-state index is 12.4. The van der Waals surface area contributed by atoms with Crippen molar-refractivity contribution in [2.45, 2.75) is 18.9 Å². The van der Waals surface area contributed by atoms with Gasteiger partial charge in [0, 0.05) is 13.1 Å². The van der Waals surface area contributed by atoms with E-state index in [4.69, 9.17) is 0 Å². The van der Waals surface area contributed by atoms with E-state index in [0.29, 0.717) is 19.5 Å². The maximum absolute atomic E-state index is 12.4. The third-order valence-electron chi connectivity index (χ3n) is 4.22. The molecule has 0 aromatic heterocycles. The number of amides is 4. The largest absolute Gasteiger partial charge is 0.336 e. The molecule has 1 heterocycles. The highest BCUT2D eigenvalue weighted by atomic mass is 16.2. The van der Waals surface area contributed by atoms with Crippen LogP contribution in [0.3, 0.4) is 0 Å². The van der Waals surface area contributed by atoms with E-state index < -0.39 is 6.03 Å². The monoisotopic (exact) mass is 323 g/mol. The number of nitrogens with zero attached hydrogens (tertiary/aromatic N) is 1. The second kappa shape index (κ2) is 7.64. The summed E-state index contributed by atoms with van der Waals surface area (Å²) in [6.07, 6.45) is 1.47. The fraction of sp³-hybridized carbons (Fsp3) is 0.263. The van der Waals surface area contributed by atoms with Crippen molar-refractivity contribution in [3.05, 3.63) is 71.8 Å². The fourth-order valence-electron chi connectivity index (χ4n) is 2.95. The van der Waals surface area contributed by atoms with Crippen LogP contribution in [-0.4, -0.2) is 36.1 Å². The van der Waals surface area contributed by atoms with Gasteiger partial charge < -0.3 is 10.2 Å². The Balaban J connectivity index is 1.74. The lowest BCUT2D eigenvalue weighted by atomic mass is 10.0. The zero-order chi connectivity index (χ0) is 16.8. The van der Waals surface area contributed by atoms with Crippen molar-refractivity contribution >= 4 is 12.1 Å². The molecule has 0 spiro atoms. The molecular formula is C19H21N3O2. The van der Waals surface area contributed by atoms with Gasteiger partial charge in [-0.25, -0.2) is 9.59 Å². The summed E-state index contributed by atoms with van der Waals surface area (Å²) in [5, 5.41) is 5.14. The summed E-state index contributed by atoms with van der Waals surface area (Å²) in [6, 6.07) is 19.2. The van der Waals surface area contributed by atoms with Crippen molar-refractivity contribution in [3.63, 3.8) is 0 Å². The van der Waals surface area contributed by atoms with Crippen molar-refractivity contribution < 1.29 is 9.59 Å². The molecule has 1 saturated heterocycles. The molecule has 5 heteroatoms.